The van der Waals surface area contributed by atoms with Crippen LogP contribution in [0.4, 0.5) is 23.3 Å². The van der Waals surface area contributed by atoms with Crippen LogP contribution in [0.3, 0.4) is 0 Å². The van der Waals surface area contributed by atoms with Gasteiger partial charge in [0, 0.05) is 25.5 Å². The van der Waals surface area contributed by atoms with Gasteiger partial charge in [-0.25, -0.2) is 29.3 Å². The maximum atomic E-state index is 13.2. The number of pyridine rings is 2. The van der Waals surface area contributed by atoms with Gasteiger partial charge in [0.2, 0.25) is 11.2 Å². The lowest BCUT2D eigenvalue weighted by Crippen LogP contribution is -2.44. The Hall–Kier alpha value is -6.74. The van der Waals surface area contributed by atoms with E-state index in [0.717, 1.165) is 50.1 Å². The van der Waals surface area contributed by atoms with Crippen LogP contribution < -0.4 is 31.9 Å². The monoisotopic (exact) mass is 996 g/mol. The molecule has 4 bridgehead atoms. The van der Waals surface area contributed by atoms with Gasteiger partial charge < -0.3 is 40.9 Å². The van der Waals surface area contributed by atoms with Crippen LogP contribution in [0, 0.1) is 25.7 Å². The fourth-order valence-electron chi connectivity index (χ4n) is 10.2. The fraction of sp³-hybridized carbons (Fsp3) is 0.318. The Bertz CT molecular complexity index is 3080. The number of nitrogens with one attached hydrogen (secondary N) is 2. The van der Waals surface area contributed by atoms with Crippen LogP contribution in [0.15, 0.2) is 70.5 Å². The van der Waals surface area contributed by atoms with Gasteiger partial charge in [-0.05, 0) is 87.8 Å². The third-order valence-electron chi connectivity index (χ3n) is 13.4. The highest BCUT2D eigenvalue weighted by Gasteiger charge is 2.50. The first kappa shape index (κ1) is 43.8. The van der Waals surface area contributed by atoms with E-state index in [9.17, 15) is 9.59 Å². The molecule has 4 fully saturated rings. The van der Waals surface area contributed by atoms with Gasteiger partial charge in [0.15, 0.2) is 23.3 Å². The van der Waals surface area contributed by atoms with E-state index in [1.165, 1.54) is 0 Å². The molecule has 24 heteroatoms. The lowest BCUT2D eigenvalue weighted by Gasteiger charge is -2.28. The smallest absolute Gasteiger partial charge is 0.253 e. The summed E-state index contributed by atoms with van der Waals surface area (Å²) in [4.78, 5) is 47.9. The highest BCUT2D eigenvalue weighted by molar-refractivity contribution is 6.37. The molecule has 2 saturated heterocycles. The number of nitrogen functional groups attached to an aromatic ring is 2. The second kappa shape index (κ2) is 17.1. The molecule has 68 heavy (non-hydrogen) atoms. The zero-order valence-corrected chi connectivity index (χ0v) is 39.2. The molecule has 2 aliphatic heterocycles. The van der Waals surface area contributed by atoms with E-state index in [1.54, 1.807) is 84.7 Å². The molecule has 12 rings (SSSR count). The Balaban J connectivity index is 0.000000149. The number of carbonyl (C=O) groups is 2. The Morgan fingerprint density at radius 3 is 1.43 bits per heavy atom. The quantitative estimate of drug-likeness (QED) is 0.122. The molecule has 8 heterocycles. The molecule has 4 aliphatic rings. The van der Waals surface area contributed by atoms with Crippen molar-refractivity contribution >= 4 is 103 Å². The van der Waals surface area contributed by atoms with Crippen molar-refractivity contribution < 1.29 is 18.6 Å². The van der Waals surface area contributed by atoms with Crippen LogP contribution >= 0.6 is 46.4 Å². The second-order valence-electron chi connectivity index (χ2n) is 17.3. The molecule has 2 amide bonds. The van der Waals surface area contributed by atoms with Crippen molar-refractivity contribution in [2.24, 2.45) is 11.8 Å². The van der Waals surface area contributed by atoms with E-state index in [2.05, 4.69) is 60.9 Å². The number of amides is 2. The van der Waals surface area contributed by atoms with Crippen LogP contribution in [0.25, 0.3) is 33.3 Å². The van der Waals surface area contributed by atoms with Crippen molar-refractivity contribution in [2.45, 2.75) is 63.7 Å². The summed E-state index contributed by atoms with van der Waals surface area (Å²) < 4.78 is 14.1. The first-order valence-electron chi connectivity index (χ1n) is 21.7. The molecule has 8 aromatic rings. The minimum Gasteiger partial charge on any atom is -0.380 e. The summed E-state index contributed by atoms with van der Waals surface area (Å²) in [5, 5.41) is 25.3. The summed E-state index contributed by atoms with van der Waals surface area (Å²) in [5.74, 6) is 3.17. The molecule has 0 spiro atoms. The predicted octanol–water partition coefficient (Wildman–Crippen LogP) is 6.80. The number of benzene rings is 2. The van der Waals surface area contributed by atoms with Gasteiger partial charge in [0.1, 0.15) is 24.3 Å². The Kier molecular flexibility index (Phi) is 11.0. The maximum absolute atomic E-state index is 13.2. The number of anilines is 4. The van der Waals surface area contributed by atoms with Crippen LogP contribution in [0.5, 0.6) is 0 Å². The summed E-state index contributed by atoms with van der Waals surface area (Å²) in [6.45, 7) is 5.08. The summed E-state index contributed by atoms with van der Waals surface area (Å²) in [6, 6.07) is 10.5. The van der Waals surface area contributed by atoms with Gasteiger partial charge in [0.25, 0.3) is 11.8 Å². The molecule has 6 aromatic heterocycles. The number of nitrogens with two attached hydrogens (primary N) is 2. The molecular weight excluding hydrogens is 958 g/mol. The number of halogens is 4. The predicted molar refractivity (Wildman–Crippen MR) is 255 cm³/mol. The summed E-state index contributed by atoms with van der Waals surface area (Å²) in [6.07, 6.45) is 10.2. The highest BCUT2D eigenvalue weighted by Crippen LogP contribution is 2.45. The highest BCUT2D eigenvalue weighted by atomic mass is 35.5. The van der Waals surface area contributed by atoms with E-state index < -0.39 is 0 Å². The molecule has 2 saturated carbocycles. The van der Waals surface area contributed by atoms with Crippen molar-refractivity contribution in [2.75, 3.05) is 34.4 Å². The average molecular weight is 999 g/mol. The van der Waals surface area contributed by atoms with Crippen LogP contribution in [-0.2, 0) is 0 Å². The van der Waals surface area contributed by atoms with Gasteiger partial charge in [0.05, 0.1) is 77.5 Å². The van der Waals surface area contributed by atoms with Crippen LogP contribution in [0.1, 0.15) is 58.0 Å². The van der Waals surface area contributed by atoms with Gasteiger partial charge in [-0.15, -0.1) is 0 Å². The molecule has 6 N–H and O–H groups in total. The zero-order chi connectivity index (χ0) is 47.1. The number of nitrogens with zero attached hydrogens (tertiary/aromatic N) is 12. The summed E-state index contributed by atoms with van der Waals surface area (Å²) in [5.41, 5.74) is 15.1. The number of piperidine rings is 2. The van der Waals surface area contributed by atoms with Crippen LogP contribution in [-0.4, -0.2) is 98.9 Å². The molecular formula is C44H40Cl4N16O4. The second-order valence-corrected chi connectivity index (χ2v) is 18.9. The molecule has 0 radical (unpaired) electrons. The van der Waals surface area contributed by atoms with Crippen molar-refractivity contribution in [3.8, 4) is 11.4 Å². The van der Waals surface area contributed by atoms with E-state index in [4.69, 9.17) is 66.9 Å². The topological polar surface area (TPSA) is 256 Å². The Morgan fingerprint density at radius 1 is 0.618 bits per heavy atom. The SMILES string of the molecule is Cc1ncn(-c2ccc(C(=O)NC3C4CCC3N(c3ncc(Cl)c5c(N)noc35)C4)c(Cl)c2)n1.Cc1ncn(-c2ccc(C(=O)NC3C4CCC3N(c3ncc(Cl)c5c(N)noc35)C4)c(Cl)c2)n1. The Labute approximate surface area is 406 Å². The van der Waals surface area contributed by atoms with Crippen molar-refractivity contribution in [1.82, 2.24) is 60.4 Å². The lowest BCUT2D eigenvalue weighted by molar-refractivity contribution is 0.0923. The van der Waals surface area contributed by atoms with E-state index in [0.29, 0.717) is 76.4 Å². The standard InChI is InChI=1S/2C22H20Cl2N8O2/c2*1-10-27-9-32(29-10)12-3-4-13(14(23)6-12)22(33)28-18-11-2-5-16(18)31(8-11)21-19-17(15(24)7-26-21)20(25)30-34-19/h2*3-4,6-7,9,11,16,18H,2,5,8H2,1H3,(H2,25,30)(H,28,33). The van der Waals surface area contributed by atoms with Gasteiger partial charge in [-0.1, -0.05) is 56.7 Å². The zero-order valence-electron chi connectivity index (χ0n) is 36.1. The average Bonchev–Trinajstić information content (AvgIpc) is 4.22. The van der Waals surface area contributed by atoms with Crippen molar-refractivity contribution in [3.05, 3.63) is 104 Å². The maximum Gasteiger partial charge on any atom is 0.253 e. The summed E-state index contributed by atoms with van der Waals surface area (Å²) >= 11 is 25.5. The summed E-state index contributed by atoms with van der Waals surface area (Å²) in [7, 11) is 0. The van der Waals surface area contributed by atoms with E-state index >= 15 is 0 Å². The van der Waals surface area contributed by atoms with E-state index in [-0.39, 0.29) is 59.5 Å². The van der Waals surface area contributed by atoms with Crippen molar-refractivity contribution in [3.63, 3.8) is 0 Å². The van der Waals surface area contributed by atoms with E-state index in [1.807, 2.05) is 0 Å². The minimum absolute atomic E-state index is 0.0472. The minimum atomic E-state index is -0.215. The molecule has 6 atom stereocenters. The number of fused-ring (bicyclic) bond motifs is 6. The molecule has 2 aliphatic carbocycles. The molecule has 348 valence electrons. The number of rotatable bonds is 8. The molecule has 20 nitrogen and oxygen atoms in total. The fourth-order valence-corrected chi connectivity index (χ4v) is 11.2. The van der Waals surface area contributed by atoms with Crippen molar-refractivity contribution in [1.29, 1.82) is 0 Å². The third-order valence-corrected chi connectivity index (χ3v) is 14.6. The van der Waals surface area contributed by atoms with Gasteiger partial charge in [-0.2, -0.15) is 10.2 Å². The van der Waals surface area contributed by atoms with Crippen LogP contribution in [0.2, 0.25) is 20.1 Å². The first-order valence-corrected chi connectivity index (χ1v) is 23.2. The number of carbonyl (C=O) groups excluding carboxylic acids is 2. The molecule has 6 unspecified atom stereocenters. The van der Waals surface area contributed by atoms with Gasteiger partial charge in [-0.3, -0.25) is 9.59 Å². The number of aryl methyl sites for hydroxylation is 2. The molecule has 2 aromatic carbocycles. The number of hydrogen-bond acceptors (Lipinski definition) is 16. The lowest BCUT2D eigenvalue weighted by atomic mass is 10.1. The Morgan fingerprint density at radius 2 is 1.04 bits per heavy atom. The first-order chi connectivity index (χ1) is 32.8. The number of aromatic nitrogens is 10. The van der Waals surface area contributed by atoms with Gasteiger partial charge >= 0.3 is 0 Å². The third kappa shape index (κ3) is 7.55. The number of hydrogen-bond donors (Lipinski definition) is 4. The largest absolute Gasteiger partial charge is 0.380 e. The normalized spacial score (nSPS) is 21.5.